The maximum atomic E-state index is 12.8. The van der Waals surface area contributed by atoms with Crippen molar-refractivity contribution in [2.24, 2.45) is 0 Å². The van der Waals surface area contributed by atoms with E-state index in [0.717, 1.165) is 35.4 Å². The highest BCUT2D eigenvalue weighted by Gasteiger charge is 2.40. The first-order chi connectivity index (χ1) is 11.5. The second-order valence-electron chi connectivity index (χ2n) is 6.50. The van der Waals surface area contributed by atoms with Gasteiger partial charge >= 0.3 is 6.03 Å². The Labute approximate surface area is 141 Å². The molecule has 6 heteroatoms. The summed E-state index contributed by atoms with van der Waals surface area (Å²) < 4.78 is 0. The lowest BCUT2D eigenvalue weighted by Gasteiger charge is -2.36. The van der Waals surface area contributed by atoms with Gasteiger partial charge in [0, 0.05) is 11.7 Å². The Bertz CT molecular complexity index is 673. The normalized spacial score (nSPS) is 23.2. The second kappa shape index (κ2) is 6.63. The van der Waals surface area contributed by atoms with Gasteiger partial charge in [0.25, 0.3) is 5.91 Å². The predicted molar refractivity (Wildman–Crippen MR) is 90.7 cm³/mol. The zero-order valence-corrected chi connectivity index (χ0v) is 14.1. The molecule has 128 valence electrons. The number of carbonyl (C=O) groups is 3. The fourth-order valence-corrected chi connectivity index (χ4v) is 3.49. The molecule has 2 aliphatic heterocycles. The number of rotatable bonds is 4. The number of hydrogen-bond donors (Lipinski definition) is 1. The summed E-state index contributed by atoms with van der Waals surface area (Å²) in [5.41, 5.74) is 2.02. The van der Waals surface area contributed by atoms with Gasteiger partial charge in [-0.05, 0) is 37.8 Å². The molecule has 0 aromatic heterocycles. The summed E-state index contributed by atoms with van der Waals surface area (Å²) in [5, 5.41) is 2.66. The van der Waals surface area contributed by atoms with Crippen LogP contribution in [0.1, 0.15) is 38.7 Å². The van der Waals surface area contributed by atoms with Gasteiger partial charge in [-0.2, -0.15) is 0 Å². The second-order valence-corrected chi connectivity index (χ2v) is 6.50. The zero-order valence-electron chi connectivity index (χ0n) is 14.1. The molecule has 1 N–H and O–H groups in total. The molecule has 0 saturated carbocycles. The van der Waals surface area contributed by atoms with Crippen molar-refractivity contribution in [2.75, 3.05) is 11.4 Å². The molecule has 0 bridgehead atoms. The molecule has 24 heavy (non-hydrogen) atoms. The largest absolute Gasteiger partial charge is 0.326 e. The minimum absolute atomic E-state index is 0.0552. The molecule has 2 heterocycles. The van der Waals surface area contributed by atoms with Crippen LogP contribution in [-0.2, 0) is 16.0 Å². The van der Waals surface area contributed by atoms with E-state index in [9.17, 15) is 14.4 Å². The molecule has 1 aromatic carbocycles. The number of anilines is 1. The zero-order chi connectivity index (χ0) is 17.3. The number of carbonyl (C=O) groups excluding carboxylic acids is 3. The topological polar surface area (TPSA) is 69.7 Å². The van der Waals surface area contributed by atoms with Crippen molar-refractivity contribution >= 4 is 23.5 Å². The summed E-state index contributed by atoms with van der Waals surface area (Å²) in [4.78, 5) is 40.0. The molecule has 0 radical (unpaired) electrons. The van der Waals surface area contributed by atoms with Gasteiger partial charge in [-0.15, -0.1) is 0 Å². The Hall–Kier alpha value is -2.37. The monoisotopic (exact) mass is 329 g/mol. The van der Waals surface area contributed by atoms with Crippen LogP contribution in [0.15, 0.2) is 24.3 Å². The molecule has 0 aliphatic carbocycles. The molecular weight excluding hydrogens is 306 g/mol. The summed E-state index contributed by atoms with van der Waals surface area (Å²) >= 11 is 0. The molecule has 4 amide bonds. The van der Waals surface area contributed by atoms with E-state index in [-0.39, 0.29) is 24.4 Å². The number of hydrogen-bond acceptors (Lipinski definition) is 3. The van der Waals surface area contributed by atoms with E-state index < -0.39 is 12.1 Å². The third-order valence-corrected chi connectivity index (χ3v) is 4.77. The van der Waals surface area contributed by atoms with Crippen LogP contribution in [0, 0.1) is 0 Å². The van der Waals surface area contributed by atoms with E-state index in [1.165, 1.54) is 0 Å². The number of urea groups is 1. The van der Waals surface area contributed by atoms with Crippen molar-refractivity contribution in [1.82, 2.24) is 10.2 Å². The summed E-state index contributed by atoms with van der Waals surface area (Å²) in [7, 11) is 0. The van der Waals surface area contributed by atoms with Crippen LogP contribution in [0.4, 0.5) is 10.5 Å². The summed E-state index contributed by atoms with van der Waals surface area (Å²) in [6.45, 7) is 3.75. The van der Waals surface area contributed by atoms with E-state index in [1.54, 1.807) is 4.90 Å². The van der Waals surface area contributed by atoms with Gasteiger partial charge in [0.05, 0.1) is 0 Å². The first-order valence-electron chi connectivity index (χ1n) is 8.54. The van der Waals surface area contributed by atoms with Crippen molar-refractivity contribution in [3.63, 3.8) is 0 Å². The number of fused-ring (bicyclic) bond motifs is 1. The lowest BCUT2D eigenvalue weighted by atomic mass is 9.96. The third kappa shape index (κ3) is 2.88. The maximum Gasteiger partial charge on any atom is 0.325 e. The number of amides is 4. The Balaban J connectivity index is 1.78. The molecule has 2 aliphatic rings. The van der Waals surface area contributed by atoms with E-state index in [2.05, 4.69) is 5.32 Å². The van der Waals surface area contributed by atoms with Gasteiger partial charge in [-0.25, -0.2) is 4.79 Å². The summed E-state index contributed by atoms with van der Waals surface area (Å²) in [6, 6.07) is 6.90. The van der Waals surface area contributed by atoms with Crippen molar-refractivity contribution in [3.8, 4) is 0 Å². The Morgan fingerprint density at radius 1 is 1.29 bits per heavy atom. The number of aryl methyl sites for hydroxylation is 1. The molecule has 1 aromatic rings. The average Bonchev–Trinajstić information content (AvgIpc) is 2.82. The lowest BCUT2D eigenvalue weighted by molar-refractivity contribution is -0.131. The SMILES string of the molecule is CCCC1NC(=O)N(CC(=O)N2c3ccccc3CCC2C)C1=O. The Morgan fingerprint density at radius 3 is 2.79 bits per heavy atom. The van der Waals surface area contributed by atoms with E-state index in [0.29, 0.717) is 6.42 Å². The van der Waals surface area contributed by atoms with Crippen molar-refractivity contribution in [2.45, 2.75) is 51.6 Å². The summed E-state index contributed by atoms with van der Waals surface area (Å²) in [5.74, 6) is -0.511. The number of para-hydroxylation sites is 1. The standard InChI is InChI=1S/C18H23N3O3/c1-3-6-14-17(23)20(18(24)19-14)11-16(22)21-12(2)9-10-13-7-4-5-8-15(13)21/h4-5,7-8,12,14H,3,6,9-11H2,1-2H3,(H,19,24). The average molecular weight is 329 g/mol. The molecule has 2 unspecified atom stereocenters. The molecule has 0 spiro atoms. The van der Waals surface area contributed by atoms with Crippen LogP contribution >= 0.6 is 0 Å². The highest BCUT2D eigenvalue weighted by Crippen LogP contribution is 2.30. The Kier molecular flexibility index (Phi) is 4.55. The van der Waals surface area contributed by atoms with E-state index >= 15 is 0 Å². The van der Waals surface area contributed by atoms with E-state index in [1.807, 2.05) is 38.1 Å². The van der Waals surface area contributed by atoms with Gasteiger partial charge in [-0.1, -0.05) is 31.5 Å². The van der Waals surface area contributed by atoms with Crippen LogP contribution in [0.3, 0.4) is 0 Å². The van der Waals surface area contributed by atoms with Gasteiger partial charge in [-0.3, -0.25) is 14.5 Å². The molecule has 2 atom stereocenters. The number of benzene rings is 1. The van der Waals surface area contributed by atoms with Crippen molar-refractivity contribution in [1.29, 1.82) is 0 Å². The molecule has 3 rings (SSSR count). The van der Waals surface area contributed by atoms with Gasteiger partial charge in [0.15, 0.2) is 0 Å². The maximum absolute atomic E-state index is 12.8. The van der Waals surface area contributed by atoms with Crippen molar-refractivity contribution in [3.05, 3.63) is 29.8 Å². The first kappa shape index (κ1) is 16.5. The van der Waals surface area contributed by atoms with Crippen LogP contribution < -0.4 is 10.2 Å². The third-order valence-electron chi connectivity index (χ3n) is 4.77. The minimum Gasteiger partial charge on any atom is -0.326 e. The smallest absolute Gasteiger partial charge is 0.325 e. The van der Waals surface area contributed by atoms with Gasteiger partial charge in [0.2, 0.25) is 5.91 Å². The molecule has 1 saturated heterocycles. The van der Waals surface area contributed by atoms with Crippen LogP contribution in [0.5, 0.6) is 0 Å². The minimum atomic E-state index is -0.499. The summed E-state index contributed by atoms with van der Waals surface area (Å²) in [6.07, 6.45) is 3.21. The predicted octanol–water partition coefficient (Wildman–Crippen LogP) is 2.07. The number of nitrogens with one attached hydrogen (secondary N) is 1. The number of imide groups is 1. The van der Waals surface area contributed by atoms with Gasteiger partial charge in [0.1, 0.15) is 12.6 Å². The van der Waals surface area contributed by atoms with E-state index in [4.69, 9.17) is 0 Å². The first-order valence-corrected chi connectivity index (χ1v) is 8.54. The molecule has 1 fully saturated rings. The fourth-order valence-electron chi connectivity index (χ4n) is 3.49. The molecule has 6 nitrogen and oxygen atoms in total. The highest BCUT2D eigenvalue weighted by atomic mass is 16.2. The quantitative estimate of drug-likeness (QED) is 0.860. The van der Waals surface area contributed by atoms with Crippen LogP contribution in [-0.4, -0.2) is 41.4 Å². The highest BCUT2D eigenvalue weighted by molar-refractivity contribution is 6.08. The van der Waals surface area contributed by atoms with Crippen LogP contribution in [0.25, 0.3) is 0 Å². The van der Waals surface area contributed by atoms with Crippen LogP contribution in [0.2, 0.25) is 0 Å². The lowest BCUT2D eigenvalue weighted by Crippen LogP contribution is -2.48. The van der Waals surface area contributed by atoms with Crippen molar-refractivity contribution < 1.29 is 14.4 Å². The Morgan fingerprint density at radius 2 is 2.04 bits per heavy atom. The molecular formula is C18H23N3O3. The van der Waals surface area contributed by atoms with Gasteiger partial charge < -0.3 is 10.2 Å². The number of nitrogens with zero attached hydrogens (tertiary/aromatic N) is 2. The fraction of sp³-hybridized carbons (Fsp3) is 0.500.